The molecule has 0 aliphatic heterocycles. The Balaban J connectivity index is 2.79. The van der Waals surface area contributed by atoms with Crippen molar-refractivity contribution in [3.05, 3.63) is 0 Å². The zero-order valence-corrected chi connectivity index (χ0v) is 9.46. The van der Waals surface area contributed by atoms with Gasteiger partial charge in [-0.2, -0.15) is 0 Å². The van der Waals surface area contributed by atoms with Crippen LogP contribution in [0.3, 0.4) is 0 Å². The second kappa shape index (κ2) is 3.54. The lowest BCUT2D eigenvalue weighted by molar-refractivity contribution is -0.145. The summed E-state index contributed by atoms with van der Waals surface area (Å²) in [7, 11) is 1.41. The van der Waals surface area contributed by atoms with E-state index in [9.17, 15) is 9.90 Å². The topological polar surface area (TPSA) is 46.5 Å². The molecule has 1 fully saturated rings. The van der Waals surface area contributed by atoms with Gasteiger partial charge in [-0.05, 0) is 23.7 Å². The van der Waals surface area contributed by atoms with Crippen LogP contribution in [0.1, 0.15) is 40.0 Å². The van der Waals surface area contributed by atoms with E-state index in [1.54, 1.807) is 0 Å². The number of esters is 1. The molecule has 0 aromatic rings. The van der Waals surface area contributed by atoms with E-state index in [0.29, 0.717) is 6.42 Å². The number of hydrogen-bond donors (Lipinski definition) is 1. The first-order chi connectivity index (χ1) is 6.33. The van der Waals surface area contributed by atoms with Gasteiger partial charge in [-0.15, -0.1) is 0 Å². The van der Waals surface area contributed by atoms with Crippen LogP contribution in [-0.4, -0.2) is 24.3 Å². The predicted octanol–water partition coefficient (Wildman–Crippen LogP) is 1.74. The molecule has 2 atom stereocenters. The number of rotatable bonds is 2. The first-order valence-electron chi connectivity index (χ1n) is 5.08. The zero-order chi connectivity index (χ0) is 11.0. The minimum atomic E-state index is -0.308. The fourth-order valence-corrected chi connectivity index (χ4v) is 2.25. The highest BCUT2D eigenvalue weighted by molar-refractivity contribution is 5.70. The van der Waals surface area contributed by atoms with Crippen LogP contribution in [0.2, 0.25) is 0 Å². The lowest BCUT2D eigenvalue weighted by Crippen LogP contribution is -2.38. The standard InChI is InChI=1S/C11H20O3/c1-10(2)8(12)5-6-11(10,3)7-9(13)14-4/h8,12H,5-7H2,1-4H3/t8-,11-/m0/s1. The van der Waals surface area contributed by atoms with Crippen molar-refractivity contribution in [2.75, 3.05) is 7.11 Å². The molecule has 14 heavy (non-hydrogen) atoms. The maximum Gasteiger partial charge on any atom is 0.306 e. The minimum Gasteiger partial charge on any atom is -0.469 e. The van der Waals surface area contributed by atoms with Crippen molar-refractivity contribution >= 4 is 5.97 Å². The van der Waals surface area contributed by atoms with Crippen molar-refractivity contribution in [1.82, 2.24) is 0 Å². The first-order valence-corrected chi connectivity index (χ1v) is 5.08. The Kier molecular flexibility index (Phi) is 2.91. The fourth-order valence-electron chi connectivity index (χ4n) is 2.25. The van der Waals surface area contributed by atoms with Crippen molar-refractivity contribution < 1.29 is 14.6 Å². The summed E-state index contributed by atoms with van der Waals surface area (Å²) in [6.07, 6.45) is 1.75. The van der Waals surface area contributed by atoms with Crippen LogP contribution >= 0.6 is 0 Å². The van der Waals surface area contributed by atoms with Crippen LogP contribution in [0.15, 0.2) is 0 Å². The van der Waals surface area contributed by atoms with E-state index in [1.165, 1.54) is 7.11 Å². The average molecular weight is 200 g/mol. The Morgan fingerprint density at radius 1 is 1.50 bits per heavy atom. The monoisotopic (exact) mass is 200 g/mol. The molecule has 1 saturated carbocycles. The third-order valence-electron chi connectivity index (χ3n) is 4.12. The third kappa shape index (κ3) is 1.65. The van der Waals surface area contributed by atoms with Gasteiger partial charge >= 0.3 is 5.97 Å². The van der Waals surface area contributed by atoms with E-state index in [4.69, 9.17) is 0 Å². The van der Waals surface area contributed by atoms with Crippen LogP contribution < -0.4 is 0 Å². The van der Waals surface area contributed by atoms with Gasteiger partial charge < -0.3 is 9.84 Å². The summed E-state index contributed by atoms with van der Waals surface area (Å²) in [6.45, 7) is 6.10. The van der Waals surface area contributed by atoms with E-state index in [0.717, 1.165) is 12.8 Å². The number of aliphatic hydroxyl groups excluding tert-OH is 1. The molecule has 82 valence electrons. The third-order valence-corrected chi connectivity index (χ3v) is 4.12. The molecule has 0 bridgehead atoms. The molecule has 1 rings (SSSR count). The highest BCUT2D eigenvalue weighted by Crippen LogP contribution is 2.54. The second-order valence-corrected chi connectivity index (χ2v) is 5.09. The molecule has 3 heteroatoms. The van der Waals surface area contributed by atoms with Crippen molar-refractivity contribution in [2.24, 2.45) is 10.8 Å². The summed E-state index contributed by atoms with van der Waals surface area (Å²) in [5.41, 5.74) is -0.347. The van der Waals surface area contributed by atoms with E-state index in [2.05, 4.69) is 11.7 Å². The summed E-state index contributed by atoms with van der Waals surface area (Å²) in [5, 5.41) is 9.83. The SMILES string of the molecule is COC(=O)C[C@]1(C)CC[C@H](O)C1(C)C. The van der Waals surface area contributed by atoms with E-state index in [-0.39, 0.29) is 22.9 Å². The average Bonchev–Trinajstić information content (AvgIpc) is 2.30. The van der Waals surface area contributed by atoms with Crippen molar-refractivity contribution in [2.45, 2.75) is 46.1 Å². The molecule has 0 amide bonds. The van der Waals surface area contributed by atoms with Crippen LogP contribution in [0.25, 0.3) is 0 Å². The smallest absolute Gasteiger partial charge is 0.306 e. The molecule has 3 nitrogen and oxygen atoms in total. The lowest BCUT2D eigenvalue weighted by Gasteiger charge is -2.39. The number of methoxy groups -OCH3 is 1. The van der Waals surface area contributed by atoms with Gasteiger partial charge in [0.05, 0.1) is 19.6 Å². The van der Waals surface area contributed by atoms with Gasteiger partial charge in [0.25, 0.3) is 0 Å². The molecule has 1 N–H and O–H groups in total. The van der Waals surface area contributed by atoms with Gasteiger partial charge in [-0.1, -0.05) is 20.8 Å². The Hall–Kier alpha value is -0.570. The van der Waals surface area contributed by atoms with Gasteiger partial charge in [-0.25, -0.2) is 0 Å². The molecule has 0 heterocycles. The van der Waals surface area contributed by atoms with Gasteiger partial charge in [0, 0.05) is 0 Å². The molecule has 0 radical (unpaired) electrons. The molecular weight excluding hydrogens is 180 g/mol. The van der Waals surface area contributed by atoms with Gasteiger partial charge in [-0.3, -0.25) is 4.79 Å². The number of carbonyl (C=O) groups excluding carboxylic acids is 1. The van der Waals surface area contributed by atoms with Gasteiger partial charge in [0.15, 0.2) is 0 Å². The van der Waals surface area contributed by atoms with Crippen molar-refractivity contribution in [1.29, 1.82) is 0 Å². The molecule has 0 saturated heterocycles. The van der Waals surface area contributed by atoms with Gasteiger partial charge in [0.2, 0.25) is 0 Å². The maximum absolute atomic E-state index is 11.3. The Bertz CT molecular complexity index is 235. The quantitative estimate of drug-likeness (QED) is 0.691. The molecule has 1 aliphatic carbocycles. The van der Waals surface area contributed by atoms with E-state index >= 15 is 0 Å². The van der Waals surface area contributed by atoms with E-state index < -0.39 is 0 Å². The lowest BCUT2D eigenvalue weighted by atomic mass is 9.66. The Labute approximate surface area is 85.5 Å². The Morgan fingerprint density at radius 2 is 2.07 bits per heavy atom. The molecule has 0 aromatic carbocycles. The number of ether oxygens (including phenoxy) is 1. The number of carbonyl (C=O) groups is 1. The highest BCUT2D eigenvalue weighted by Gasteiger charge is 2.51. The first kappa shape index (κ1) is 11.5. The predicted molar refractivity (Wildman–Crippen MR) is 53.8 cm³/mol. The molecular formula is C11H20O3. The van der Waals surface area contributed by atoms with Crippen LogP contribution in [0.4, 0.5) is 0 Å². The summed E-state index contributed by atoms with van der Waals surface area (Å²) >= 11 is 0. The molecule has 0 aromatic heterocycles. The second-order valence-electron chi connectivity index (χ2n) is 5.09. The molecule has 0 unspecified atom stereocenters. The van der Waals surface area contributed by atoms with Gasteiger partial charge in [0.1, 0.15) is 0 Å². The highest BCUT2D eigenvalue weighted by atomic mass is 16.5. The van der Waals surface area contributed by atoms with Crippen molar-refractivity contribution in [3.8, 4) is 0 Å². The van der Waals surface area contributed by atoms with Crippen molar-refractivity contribution in [3.63, 3.8) is 0 Å². The largest absolute Gasteiger partial charge is 0.469 e. The van der Waals surface area contributed by atoms with Crippen LogP contribution in [-0.2, 0) is 9.53 Å². The normalized spacial score (nSPS) is 35.6. The van der Waals surface area contributed by atoms with Crippen LogP contribution in [0.5, 0.6) is 0 Å². The van der Waals surface area contributed by atoms with Crippen LogP contribution in [0, 0.1) is 10.8 Å². The number of hydrogen-bond acceptors (Lipinski definition) is 3. The maximum atomic E-state index is 11.3. The zero-order valence-electron chi connectivity index (χ0n) is 9.46. The molecule has 1 aliphatic rings. The van der Waals surface area contributed by atoms with E-state index in [1.807, 2.05) is 13.8 Å². The Morgan fingerprint density at radius 3 is 2.43 bits per heavy atom. The number of aliphatic hydroxyl groups is 1. The summed E-state index contributed by atoms with van der Waals surface area (Å²) < 4.78 is 4.69. The summed E-state index contributed by atoms with van der Waals surface area (Å²) in [5.74, 6) is -0.185. The summed E-state index contributed by atoms with van der Waals surface area (Å²) in [4.78, 5) is 11.3. The fraction of sp³-hybridized carbons (Fsp3) is 0.909. The minimum absolute atomic E-state index is 0.139. The molecule has 0 spiro atoms. The summed E-state index contributed by atoms with van der Waals surface area (Å²) in [6, 6.07) is 0.